The molecular formula is C15H23NO. The van der Waals surface area contributed by atoms with E-state index in [4.69, 9.17) is 4.74 Å². The van der Waals surface area contributed by atoms with E-state index in [9.17, 15) is 0 Å². The minimum absolute atomic E-state index is 0.727. The second kappa shape index (κ2) is 6.06. The first-order chi connectivity index (χ1) is 8.27. The molecular weight excluding hydrogens is 210 g/mol. The van der Waals surface area contributed by atoms with Crippen molar-refractivity contribution in [2.45, 2.75) is 31.6 Å². The summed E-state index contributed by atoms with van der Waals surface area (Å²) in [6, 6.07) is 8.56. The molecule has 2 nitrogen and oxygen atoms in total. The third-order valence-electron chi connectivity index (χ3n) is 3.51. The van der Waals surface area contributed by atoms with Crippen LogP contribution in [0.5, 0.6) is 5.75 Å². The van der Waals surface area contributed by atoms with Crippen molar-refractivity contribution < 1.29 is 4.74 Å². The number of ether oxygens (including phenoxy) is 1. The molecule has 1 aromatic carbocycles. The summed E-state index contributed by atoms with van der Waals surface area (Å²) in [5.41, 5.74) is 1.42. The highest BCUT2D eigenvalue weighted by Gasteiger charge is 2.20. The lowest BCUT2D eigenvalue weighted by Gasteiger charge is -2.17. The Kier molecular flexibility index (Phi) is 4.43. The van der Waals surface area contributed by atoms with Gasteiger partial charge in [-0.3, -0.25) is 0 Å². The van der Waals surface area contributed by atoms with Gasteiger partial charge in [0.2, 0.25) is 0 Å². The van der Waals surface area contributed by atoms with E-state index >= 15 is 0 Å². The van der Waals surface area contributed by atoms with E-state index < -0.39 is 0 Å². The van der Waals surface area contributed by atoms with E-state index in [2.05, 4.69) is 43.3 Å². The first-order valence-electron chi connectivity index (χ1n) is 6.64. The summed E-state index contributed by atoms with van der Waals surface area (Å²) in [7, 11) is 4.15. The largest absolute Gasteiger partial charge is 0.492 e. The van der Waals surface area contributed by atoms with Crippen LogP contribution < -0.4 is 4.74 Å². The molecule has 17 heavy (non-hydrogen) atoms. The summed E-state index contributed by atoms with van der Waals surface area (Å²) in [5, 5.41) is 0. The van der Waals surface area contributed by atoms with Crippen molar-refractivity contribution in [1.82, 2.24) is 4.90 Å². The third kappa shape index (κ3) is 3.47. The molecule has 1 aliphatic rings. The van der Waals surface area contributed by atoms with Gasteiger partial charge in [0.25, 0.3) is 0 Å². The Morgan fingerprint density at radius 1 is 1.18 bits per heavy atom. The van der Waals surface area contributed by atoms with Crippen LogP contribution in [0.25, 0.3) is 0 Å². The van der Waals surface area contributed by atoms with Crippen molar-refractivity contribution in [2.24, 2.45) is 0 Å². The van der Waals surface area contributed by atoms with Crippen molar-refractivity contribution in [1.29, 1.82) is 0 Å². The van der Waals surface area contributed by atoms with Crippen LogP contribution >= 0.6 is 0 Å². The fourth-order valence-corrected chi connectivity index (χ4v) is 2.52. The number of hydrogen-bond donors (Lipinski definition) is 0. The quantitative estimate of drug-likeness (QED) is 0.774. The summed E-state index contributed by atoms with van der Waals surface area (Å²) in [6.45, 7) is 1.75. The average Bonchev–Trinajstić information content (AvgIpc) is 2.82. The monoisotopic (exact) mass is 233 g/mol. The molecule has 0 saturated heterocycles. The van der Waals surface area contributed by atoms with E-state index in [1.807, 2.05) is 0 Å². The van der Waals surface area contributed by atoms with Gasteiger partial charge in [-0.25, -0.2) is 0 Å². The molecule has 0 amide bonds. The van der Waals surface area contributed by atoms with Crippen LogP contribution in [0.1, 0.15) is 37.2 Å². The van der Waals surface area contributed by atoms with Crippen LogP contribution in [0.3, 0.4) is 0 Å². The Hall–Kier alpha value is -1.02. The van der Waals surface area contributed by atoms with Crippen LogP contribution in [-0.4, -0.2) is 32.1 Å². The van der Waals surface area contributed by atoms with Gasteiger partial charge in [0.15, 0.2) is 0 Å². The average molecular weight is 233 g/mol. The van der Waals surface area contributed by atoms with E-state index in [-0.39, 0.29) is 0 Å². The zero-order valence-electron chi connectivity index (χ0n) is 11.0. The molecule has 0 spiro atoms. The highest BCUT2D eigenvalue weighted by atomic mass is 16.5. The lowest BCUT2D eigenvalue weighted by atomic mass is 9.97. The van der Waals surface area contributed by atoms with Gasteiger partial charge in [0.05, 0.1) is 0 Å². The Bertz CT molecular complexity index is 343. The Labute approximate surface area is 105 Å². The molecule has 0 N–H and O–H groups in total. The van der Waals surface area contributed by atoms with E-state index in [0.29, 0.717) is 0 Å². The molecule has 0 radical (unpaired) electrons. The first kappa shape index (κ1) is 12.4. The number of hydrogen-bond acceptors (Lipinski definition) is 2. The fourth-order valence-electron chi connectivity index (χ4n) is 2.52. The van der Waals surface area contributed by atoms with Crippen LogP contribution in [0.15, 0.2) is 24.3 Å². The summed E-state index contributed by atoms with van der Waals surface area (Å²) in [6.07, 6.45) is 5.40. The van der Waals surface area contributed by atoms with E-state index in [1.54, 1.807) is 0 Å². The van der Waals surface area contributed by atoms with E-state index in [1.165, 1.54) is 31.2 Å². The van der Waals surface area contributed by atoms with Crippen molar-refractivity contribution in [3.8, 4) is 5.75 Å². The third-order valence-corrected chi connectivity index (χ3v) is 3.51. The Morgan fingerprint density at radius 2 is 1.88 bits per heavy atom. The lowest BCUT2D eigenvalue weighted by Crippen LogP contribution is -2.19. The number of nitrogens with zero attached hydrogens (tertiary/aromatic N) is 1. The zero-order valence-corrected chi connectivity index (χ0v) is 11.0. The molecule has 2 rings (SSSR count). The van der Waals surface area contributed by atoms with Crippen molar-refractivity contribution in [3.05, 3.63) is 29.8 Å². The number of benzene rings is 1. The van der Waals surface area contributed by atoms with Crippen molar-refractivity contribution in [3.63, 3.8) is 0 Å². The summed E-state index contributed by atoms with van der Waals surface area (Å²) in [5.74, 6) is 1.83. The fraction of sp³-hybridized carbons (Fsp3) is 0.600. The van der Waals surface area contributed by atoms with Gasteiger partial charge in [0, 0.05) is 6.54 Å². The normalized spacial score (nSPS) is 16.6. The second-order valence-corrected chi connectivity index (χ2v) is 5.17. The summed E-state index contributed by atoms with van der Waals surface area (Å²) in [4.78, 5) is 2.15. The van der Waals surface area contributed by atoms with Crippen molar-refractivity contribution in [2.75, 3.05) is 27.2 Å². The number of rotatable bonds is 5. The van der Waals surface area contributed by atoms with Crippen LogP contribution in [0.4, 0.5) is 0 Å². The maximum absolute atomic E-state index is 5.92. The van der Waals surface area contributed by atoms with E-state index in [0.717, 1.165) is 24.8 Å². The molecule has 0 aromatic heterocycles. The standard InChI is InChI=1S/C15H23NO/c1-16(2)11-12-17-15-10-6-5-9-14(15)13-7-3-4-8-13/h5-6,9-10,13H,3-4,7-8,11-12H2,1-2H3. The zero-order chi connectivity index (χ0) is 12.1. The van der Waals surface area contributed by atoms with Crippen LogP contribution in [0, 0.1) is 0 Å². The predicted molar refractivity (Wildman–Crippen MR) is 71.7 cm³/mol. The molecule has 0 heterocycles. The van der Waals surface area contributed by atoms with Crippen LogP contribution in [-0.2, 0) is 0 Å². The second-order valence-electron chi connectivity index (χ2n) is 5.17. The van der Waals surface area contributed by atoms with Gasteiger partial charge in [-0.1, -0.05) is 31.0 Å². The van der Waals surface area contributed by atoms with Gasteiger partial charge in [-0.15, -0.1) is 0 Å². The predicted octanol–water partition coefficient (Wildman–Crippen LogP) is 3.28. The highest BCUT2D eigenvalue weighted by Crippen LogP contribution is 2.38. The maximum Gasteiger partial charge on any atom is 0.122 e. The SMILES string of the molecule is CN(C)CCOc1ccccc1C1CCCC1. The van der Waals surface area contributed by atoms with Gasteiger partial charge >= 0.3 is 0 Å². The smallest absolute Gasteiger partial charge is 0.122 e. The van der Waals surface area contributed by atoms with Gasteiger partial charge in [-0.05, 0) is 44.5 Å². The van der Waals surface area contributed by atoms with Gasteiger partial charge in [-0.2, -0.15) is 0 Å². The molecule has 2 heteroatoms. The molecule has 0 unspecified atom stereocenters. The molecule has 0 bridgehead atoms. The molecule has 1 aromatic rings. The highest BCUT2D eigenvalue weighted by molar-refractivity contribution is 5.36. The Balaban J connectivity index is 2.00. The first-order valence-corrected chi connectivity index (χ1v) is 6.64. The Morgan fingerprint density at radius 3 is 2.59 bits per heavy atom. The number of likely N-dealkylation sites (N-methyl/N-ethyl adjacent to an activating group) is 1. The van der Waals surface area contributed by atoms with Crippen LogP contribution in [0.2, 0.25) is 0 Å². The number of para-hydroxylation sites is 1. The molecule has 94 valence electrons. The molecule has 0 aliphatic heterocycles. The minimum atomic E-state index is 0.727. The summed E-state index contributed by atoms with van der Waals surface area (Å²) >= 11 is 0. The topological polar surface area (TPSA) is 12.5 Å². The van der Waals surface area contributed by atoms with Crippen molar-refractivity contribution >= 4 is 0 Å². The van der Waals surface area contributed by atoms with Gasteiger partial charge < -0.3 is 9.64 Å². The summed E-state index contributed by atoms with van der Waals surface area (Å²) < 4.78 is 5.92. The lowest BCUT2D eigenvalue weighted by molar-refractivity contribution is 0.258. The minimum Gasteiger partial charge on any atom is -0.492 e. The molecule has 1 saturated carbocycles. The molecule has 1 aliphatic carbocycles. The molecule has 1 fully saturated rings. The maximum atomic E-state index is 5.92. The van der Waals surface area contributed by atoms with Gasteiger partial charge in [0.1, 0.15) is 12.4 Å². The molecule has 0 atom stereocenters.